The number of rotatable bonds is 2. The number of anilines is 2. The van der Waals surface area contributed by atoms with Crippen molar-refractivity contribution in [3.63, 3.8) is 0 Å². The molecule has 3 heteroatoms. The van der Waals surface area contributed by atoms with E-state index < -0.39 is 0 Å². The summed E-state index contributed by atoms with van der Waals surface area (Å²) in [5.41, 5.74) is 7.87. The summed E-state index contributed by atoms with van der Waals surface area (Å²) in [4.78, 5) is 0. The first-order valence-electron chi connectivity index (χ1n) is 5.96. The summed E-state index contributed by atoms with van der Waals surface area (Å²) >= 11 is 3.42. The Kier molecular flexibility index (Phi) is 3.74. The number of nitrogens with two attached hydrogens (primary N) is 1. The Labute approximate surface area is 106 Å². The molecule has 88 valence electrons. The minimum atomic E-state index is 0.597. The van der Waals surface area contributed by atoms with Gasteiger partial charge in [0.05, 0.1) is 11.4 Å². The minimum Gasteiger partial charge on any atom is -0.397 e. The fourth-order valence-corrected chi connectivity index (χ4v) is 2.67. The molecule has 0 bridgehead atoms. The predicted molar refractivity (Wildman–Crippen MR) is 73.6 cm³/mol. The van der Waals surface area contributed by atoms with E-state index in [1.807, 2.05) is 12.1 Å². The molecule has 2 nitrogen and oxygen atoms in total. The molecule has 0 aromatic heterocycles. The van der Waals surface area contributed by atoms with E-state index in [0.717, 1.165) is 21.8 Å². The van der Waals surface area contributed by atoms with Gasteiger partial charge in [0, 0.05) is 10.5 Å². The van der Waals surface area contributed by atoms with Gasteiger partial charge in [-0.3, -0.25) is 0 Å². The fourth-order valence-electron chi connectivity index (χ4n) is 2.29. The van der Waals surface area contributed by atoms with Crippen molar-refractivity contribution < 1.29 is 0 Å². The van der Waals surface area contributed by atoms with Gasteiger partial charge in [0.15, 0.2) is 0 Å². The summed E-state index contributed by atoms with van der Waals surface area (Å²) in [6.45, 7) is 2.34. The topological polar surface area (TPSA) is 38.0 Å². The Balaban J connectivity index is 1.98. The number of nitrogens with one attached hydrogen (secondary N) is 1. The lowest BCUT2D eigenvalue weighted by atomic mass is 9.87. The second-order valence-electron chi connectivity index (χ2n) is 4.83. The highest BCUT2D eigenvalue weighted by Gasteiger charge is 2.18. The van der Waals surface area contributed by atoms with E-state index in [9.17, 15) is 0 Å². The van der Waals surface area contributed by atoms with Crippen LogP contribution in [0.2, 0.25) is 0 Å². The average molecular weight is 283 g/mol. The van der Waals surface area contributed by atoms with Crippen molar-refractivity contribution >= 4 is 27.3 Å². The minimum absolute atomic E-state index is 0.597. The van der Waals surface area contributed by atoms with Crippen molar-refractivity contribution in [1.29, 1.82) is 0 Å². The lowest BCUT2D eigenvalue weighted by Crippen LogP contribution is -2.25. The summed E-state index contributed by atoms with van der Waals surface area (Å²) in [7, 11) is 0. The summed E-state index contributed by atoms with van der Waals surface area (Å²) in [5, 5.41) is 3.55. The van der Waals surface area contributed by atoms with E-state index in [-0.39, 0.29) is 0 Å². The van der Waals surface area contributed by atoms with Gasteiger partial charge < -0.3 is 11.1 Å². The predicted octanol–water partition coefficient (Wildman–Crippen LogP) is 4.02. The second kappa shape index (κ2) is 5.09. The molecule has 1 aliphatic rings. The summed E-state index contributed by atoms with van der Waals surface area (Å²) in [6, 6.07) is 6.63. The number of benzene rings is 1. The molecule has 0 aliphatic heterocycles. The van der Waals surface area contributed by atoms with E-state index in [1.165, 1.54) is 25.7 Å². The van der Waals surface area contributed by atoms with Crippen LogP contribution in [0.4, 0.5) is 11.4 Å². The number of halogens is 1. The lowest BCUT2D eigenvalue weighted by molar-refractivity contribution is 0.361. The molecule has 0 saturated heterocycles. The van der Waals surface area contributed by atoms with Crippen LogP contribution in [0.25, 0.3) is 0 Å². The largest absolute Gasteiger partial charge is 0.397 e. The zero-order chi connectivity index (χ0) is 11.5. The van der Waals surface area contributed by atoms with Gasteiger partial charge in [-0.25, -0.2) is 0 Å². The molecule has 0 heterocycles. The van der Waals surface area contributed by atoms with E-state index in [4.69, 9.17) is 5.73 Å². The van der Waals surface area contributed by atoms with Crippen molar-refractivity contribution in [2.75, 3.05) is 11.1 Å². The third-order valence-corrected chi connectivity index (χ3v) is 3.88. The Morgan fingerprint density at radius 2 is 1.94 bits per heavy atom. The first-order chi connectivity index (χ1) is 7.65. The quantitative estimate of drug-likeness (QED) is 0.804. The zero-order valence-electron chi connectivity index (χ0n) is 9.67. The van der Waals surface area contributed by atoms with E-state index >= 15 is 0 Å². The molecular weight excluding hydrogens is 264 g/mol. The summed E-state index contributed by atoms with van der Waals surface area (Å²) < 4.78 is 1.04. The molecule has 16 heavy (non-hydrogen) atoms. The van der Waals surface area contributed by atoms with Crippen LogP contribution in [-0.4, -0.2) is 6.04 Å². The molecular formula is C13H19BrN2. The Morgan fingerprint density at radius 3 is 2.56 bits per heavy atom. The molecule has 0 atom stereocenters. The van der Waals surface area contributed by atoms with E-state index in [1.54, 1.807) is 0 Å². The van der Waals surface area contributed by atoms with Crippen molar-refractivity contribution in [1.82, 2.24) is 0 Å². The van der Waals surface area contributed by atoms with Crippen LogP contribution < -0.4 is 11.1 Å². The number of hydrogen-bond donors (Lipinski definition) is 2. The third-order valence-electron chi connectivity index (χ3n) is 3.39. The van der Waals surface area contributed by atoms with Crippen molar-refractivity contribution in [2.45, 2.75) is 38.6 Å². The Hall–Kier alpha value is -0.700. The first kappa shape index (κ1) is 11.8. The molecule has 2 rings (SSSR count). The van der Waals surface area contributed by atoms with Gasteiger partial charge in [-0.2, -0.15) is 0 Å². The van der Waals surface area contributed by atoms with Crippen LogP contribution in [0.15, 0.2) is 22.7 Å². The van der Waals surface area contributed by atoms with Crippen LogP contribution in [-0.2, 0) is 0 Å². The molecule has 1 saturated carbocycles. The second-order valence-corrected chi connectivity index (χ2v) is 5.75. The Morgan fingerprint density at radius 1 is 1.25 bits per heavy atom. The zero-order valence-corrected chi connectivity index (χ0v) is 11.3. The highest BCUT2D eigenvalue weighted by atomic mass is 79.9. The van der Waals surface area contributed by atoms with Gasteiger partial charge in [0.2, 0.25) is 0 Å². The first-order valence-corrected chi connectivity index (χ1v) is 6.76. The highest BCUT2D eigenvalue weighted by molar-refractivity contribution is 9.10. The van der Waals surface area contributed by atoms with Crippen LogP contribution in [0.3, 0.4) is 0 Å². The third kappa shape index (κ3) is 2.91. The molecule has 0 spiro atoms. The van der Waals surface area contributed by atoms with Crippen LogP contribution in [0.1, 0.15) is 32.6 Å². The molecule has 3 N–H and O–H groups in total. The van der Waals surface area contributed by atoms with Crippen molar-refractivity contribution in [3.05, 3.63) is 22.7 Å². The molecule has 1 aliphatic carbocycles. The molecule has 1 fully saturated rings. The van der Waals surface area contributed by atoms with Crippen LogP contribution in [0, 0.1) is 5.92 Å². The molecule has 0 radical (unpaired) electrons. The molecule has 1 aromatic carbocycles. The van der Waals surface area contributed by atoms with Gasteiger partial charge in [-0.05, 0) is 49.8 Å². The maximum atomic E-state index is 5.97. The SMILES string of the molecule is C[C@H]1CC[C@H](Nc2ccc(Br)cc2N)CC1. The van der Waals surface area contributed by atoms with E-state index in [0.29, 0.717) is 6.04 Å². The van der Waals surface area contributed by atoms with Crippen LogP contribution in [0.5, 0.6) is 0 Å². The maximum Gasteiger partial charge on any atom is 0.0576 e. The van der Waals surface area contributed by atoms with Crippen molar-refractivity contribution in [3.8, 4) is 0 Å². The number of hydrogen-bond acceptors (Lipinski definition) is 2. The van der Waals surface area contributed by atoms with Gasteiger partial charge in [0.25, 0.3) is 0 Å². The molecule has 0 unspecified atom stereocenters. The number of nitrogen functional groups attached to an aromatic ring is 1. The van der Waals surface area contributed by atoms with Gasteiger partial charge >= 0.3 is 0 Å². The van der Waals surface area contributed by atoms with Gasteiger partial charge in [-0.15, -0.1) is 0 Å². The van der Waals surface area contributed by atoms with Crippen molar-refractivity contribution in [2.24, 2.45) is 5.92 Å². The molecule has 0 amide bonds. The lowest BCUT2D eigenvalue weighted by Gasteiger charge is -2.28. The van der Waals surface area contributed by atoms with Crippen LogP contribution >= 0.6 is 15.9 Å². The normalized spacial score (nSPS) is 25.4. The fraction of sp³-hybridized carbons (Fsp3) is 0.538. The van der Waals surface area contributed by atoms with Gasteiger partial charge in [0.1, 0.15) is 0 Å². The summed E-state index contributed by atoms with van der Waals surface area (Å²) in [5.74, 6) is 0.889. The summed E-state index contributed by atoms with van der Waals surface area (Å²) in [6.07, 6.45) is 5.18. The monoisotopic (exact) mass is 282 g/mol. The van der Waals surface area contributed by atoms with Gasteiger partial charge in [-0.1, -0.05) is 22.9 Å². The molecule has 1 aromatic rings. The Bertz CT molecular complexity index is 357. The standard InChI is InChI=1S/C13H19BrN2/c1-9-2-5-11(6-3-9)16-13-7-4-10(14)8-12(13)15/h4,7-9,11,16H,2-3,5-6,15H2,1H3/t9-,11-. The smallest absolute Gasteiger partial charge is 0.0576 e. The maximum absolute atomic E-state index is 5.97. The van der Waals surface area contributed by atoms with E-state index in [2.05, 4.69) is 34.2 Å². The average Bonchev–Trinajstić information content (AvgIpc) is 2.25. The highest BCUT2D eigenvalue weighted by Crippen LogP contribution is 2.29.